The van der Waals surface area contributed by atoms with Crippen LogP contribution in [0.3, 0.4) is 0 Å². The van der Waals surface area contributed by atoms with Gasteiger partial charge in [0.2, 0.25) is 0 Å². The number of hydrazine groups is 1. The molecule has 0 saturated carbocycles. The summed E-state index contributed by atoms with van der Waals surface area (Å²) in [7, 11) is 0. The molecule has 1 aromatic carbocycles. The Morgan fingerprint density at radius 3 is 2.80 bits per heavy atom. The molecule has 2 aromatic heterocycles. The van der Waals surface area contributed by atoms with E-state index in [-0.39, 0.29) is 0 Å². The number of nitrogens with two attached hydrogens (primary N) is 1. The molecule has 0 saturated heterocycles. The van der Waals surface area contributed by atoms with Crippen molar-refractivity contribution in [2.75, 3.05) is 5.43 Å². The standard InChI is InChI=1S/C16H17N3S/c1-10-6-11(2)15-12(7-10)8-13(16(18-15)19-17)9-14-4-3-5-20-14/h3-8H,9,17H2,1-2H3,(H,18,19). The van der Waals surface area contributed by atoms with Crippen LogP contribution in [0, 0.1) is 13.8 Å². The molecule has 0 aliphatic rings. The van der Waals surface area contributed by atoms with E-state index in [4.69, 9.17) is 5.84 Å². The fourth-order valence-electron chi connectivity index (χ4n) is 2.56. The zero-order chi connectivity index (χ0) is 14.1. The number of aromatic nitrogens is 1. The number of anilines is 1. The predicted octanol–water partition coefficient (Wildman–Crippen LogP) is 3.79. The Kier molecular flexibility index (Phi) is 3.42. The maximum absolute atomic E-state index is 5.64. The van der Waals surface area contributed by atoms with Crippen LogP contribution in [0.4, 0.5) is 5.82 Å². The van der Waals surface area contributed by atoms with Crippen molar-refractivity contribution in [3.05, 3.63) is 57.3 Å². The number of aryl methyl sites for hydroxylation is 2. The molecule has 3 nitrogen and oxygen atoms in total. The van der Waals surface area contributed by atoms with E-state index in [1.807, 2.05) is 0 Å². The van der Waals surface area contributed by atoms with Crippen LogP contribution in [0.25, 0.3) is 10.9 Å². The van der Waals surface area contributed by atoms with Gasteiger partial charge in [0.25, 0.3) is 0 Å². The molecule has 0 bridgehead atoms. The highest BCUT2D eigenvalue weighted by molar-refractivity contribution is 7.09. The van der Waals surface area contributed by atoms with Gasteiger partial charge >= 0.3 is 0 Å². The van der Waals surface area contributed by atoms with Crippen LogP contribution < -0.4 is 11.3 Å². The number of nitrogens with one attached hydrogen (secondary N) is 1. The van der Waals surface area contributed by atoms with Gasteiger partial charge in [0.05, 0.1) is 5.52 Å². The zero-order valence-electron chi connectivity index (χ0n) is 11.6. The van der Waals surface area contributed by atoms with E-state index in [2.05, 4.69) is 60.0 Å². The molecular weight excluding hydrogens is 266 g/mol. The van der Waals surface area contributed by atoms with Crippen LogP contribution in [0.1, 0.15) is 21.6 Å². The van der Waals surface area contributed by atoms with Gasteiger partial charge in [0, 0.05) is 22.2 Å². The van der Waals surface area contributed by atoms with Crippen molar-refractivity contribution in [2.45, 2.75) is 20.3 Å². The Morgan fingerprint density at radius 2 is 2.10 bits per heavy atom. The van der Waals surface area contributed by atoms with E-state index in [1.165, 1.54) is 21.4 Å². The van der Waals surface area contributed by atoms with Crippen molar-refractivity contribution < 1.29 is 0 Å². The number of hydrogen-bond acceptors (Lipinski definition) is 4. The normalized spacial score (nSPS) is 10.9. The molecule has 0 aliphatic carbocycles. The molecule has 4 heteroatoms. The highest BCUT2D eigenvalue weighted by Gasteiger charge is 2.09. The molecular formula is C16H17N3S. The first-order valence-electron chi connectivity index (χ1n) is 6.57. The summed E-state index contributed by atoms with van der Waals surface area (Å²) in [5.41, 5.74) is 7.32. The molecule has 20 heavy (non-hydrogen) atoms. The monoisotopic (exact) mass is 283 g/mol. The number of fused-ring (bicyclic) bond motifs is 1. The van der Waals surface area contributed by atoms with Crippen LogP contribution >= 0.6 is 11.3 Å². The van der Waals surface area contributed by atoms with E-state index >= 15 is 0 Å². The third-order valence-electron chi connectivity index (χ3n) is 3.41. The van der Waals surface area contributed by atoms with Crippen molar-refractivity contribution in [1.82, 2.24) is 4.98 Å². The third-order valence-corrected chi connectivity index (χ3v) is 4.29. The Hall–Kier alpha value is -1.91. The first-order chi connectivity index (χ1) is 9.67. The highest BCUT2D eigenvalue weighted by Crippen LogP contribution is 2.26. The van der Waals surface area contributed by atoms with Gasteiger partial charge < -0.3 is 5.43 Å². The fraction of sp³-hybridized carbons (Fsp3) is 0.188. The Balaban J connectivity index is 2.15. The van der Waals surface area contributed by atoms with Crippen molar-refractivity contribution in [2.24, 2.45) is 5.84 Å². The number of rotatable bonds is 3. The lowest BCUT2D eigenvalue weighted by atomic mass is 10.0. The van der Waals surface area contributed by atoms with Crippen LogP contribution in [0.5, 0.6) is 0 Å². The minimum absolute atomic E-state index is 0.762. The van der Waals surface area contributed by atoms with Crippen molar-refractivity contribution in [3.63, 3.8) is 0 Å². The molecule has 3 aromatic rings. The third kappa shape index (κ3) is 2.40. The maximum atomic E-state index is 5.64. The lowest BCUT2D eigenvalue weighted by Crippen LogP contribution is -2.11. The topological polar surface area (TPSA) is 50.9 Å². The van der Waals surface area contributed by atoms with Gasteiger partial charge in [0.15, 0.2) is 0 Å². The summed E-state index contributed by atoms with van der Waals surface area (Å²) >= 11 is 1.75. The maximum Gasteiger partial charge on any atom is 0.144 e. The van der Waals surface area contributed by atoms with E-state index in [0.717, 1.165) is 23.3 Å². The molecule has 0 aliphatic heterocycles. The number of nitrogens with zero attached hydrogens (tertiary/aromatic N) is 1. The predicted molar refractivity (Wildman–Crippen MR) is 86.2 cm³/mol. The lowest BCUT2D eigenvalue weighted by Gasteiger charge is -2.11. The summed E-state index contributed by atoms with van der Waals surface area (Å²) in [6.45, 7) is 4.20. The highest BCUT2D eigenvalue weighted by atomic mass is 32.1. The Bertz CT molecular complexity index is 748. The summed E-state index contributed by atoms with van der Waals surface area (Å²) in [4.78, 5) is 6.00. The molecule has 3 rings (SSSR count). The number of hydrogen-bond donors (Lipinski definition) is 2. The molecule has 0 spiro atoms. The summed E-state index contributed by atoms with van der Waals surface area (Å²) < 4.78 is 0. The molecule has 0 atom stereocenters. The number of benzene rings is 1. The average molecular weight is 283 g/mol. The molecule has 0 unspecified atom stereocenters. The van der Waals surface area contributed by atoms with Gasteiger partial charge in [-0.15, -0.1) is 11.3 Å². The van der Waals surface area contributed by atoms with E-state index in [0.29, 0.717) is 0 Å². The second kappa shape index (κ2) is 5.23. The van der Waals surface area contributed by atoms with Crippen molar-refractivity contribution in [3.8, 4) is 0 Å². The van der Waals surface area contributed by atoms with Crippen LogP contribution in [-0.4, -0.2) is 4.98 Å². The molecule has 2 heterocycles. The quantitative estimate of drug-likeness (QED) is 0.568. The zero-order valence-corrected chi connectivity index (χ0v) is 12.4. The molecule has 0 amide bonds. The molecule has 3 N–H and O–H groups in total. The van der Waals surface area contributed by atoms with Gasteiger partial charge in [-0.2, -0.15) is 0 Å². The first-order valence-corrected chi connectivity index (χ1v) is 7.45. The fourth-order valence-corrected chi connectivity index (χ4v) is 3.28. The summed E-state index contributed by atoms with van der Waals surface area (Å²) in [6.07, 6.45) is 0.854. The smallest absolute Gasteiger partial charge is 0.144 e. The van der Waals surface area contributed by atoms with Gasteiger partial charge in [0.1, 0.15) is 5.82 Å². The summed E-state index contributed by atoms with van der Waals surface area (Å²) in [5, 5.41) is 3.27. The van der Waals surface area contributed by atoms with Gasteiger partial charge in [-0.3, -0.25) is 0 Å². The summed E-state index contributed by atoms with van der Waals surface area (Å²) in [6, 6.07) is 10.7. The molecule has 0 fully saturated rings. The second-order valence-corrected chi connectivity index (χ2v) is 6.08. The Morgan fingerprint density at radius 1 is 1.25 bits per heavy atom. The SMILES string of the molecule is Cc1cc(C)c2nc(NN)c(Cc3cccs3)cc2c1. The average Bonchev–Trinajstić information content (AvgIpc) is 2.91. The van der Waals surface area contributed by atoms with Crippen molar-refractivity contribution >= 4 is 28.1 Å². The minimum atomic E-state index is 0.762. The lowest BCUT2D eigenvalue weighted by molar-refractivity contribution is 1.16. The second-order valence-electron chi connectivity index (χ2n) is 5.05. The number of pyridine rings is 1. The Labute approximate surface area is 122 Å². The van der Waals surface area contributed by atoms with Gasteiger partial charge in [-0.05, 0) is 43.0 Å². The van der Waals surface area contributed by atoms with E-state index < -0.39 is 0 Å². The molecule has 0 radical (unpaired) electrons. The van der Waals surface area contributed by atoms with E-state index in [1.54, 1.807) is 11.3 Å². The first kappa shape index (κ1) is 13.1. The van der Waals surface area contributed by atoms with Gasteiger partial charge in [-0.25, -0.2) is 10.8 Å². The number of thiophene rings is 1. The summed E-state index contributed by atoms with van der Waals surface area (Å²) in [5.74, 6) is 6.40. The largest absolute Gasteiger partial charge is 0.308 e. The minimum Gasteiger partial charge on any atom is -0.308 e. The van der Waals surface area contributed by atoms with Gasteiger partial charge in [-0.1, -0.05) is 17.7 Å². The van der Waals surface area contributed by atoms with Crippen molar-refractivity contribution in [1.29, 1.82) is 0 Å². The number of nitrogen functional groups attached to an aromatic ring is 1. The van der Waals surface area contributed by atoms with E-state index in [9.17, 15) is 0 Å². The molecule has 102 valence electrons. The van der Waals surface area contributed by atoms with Crippen LogP contribution in [-0.2, 0) is 6.42 Å². The van der Waals surface area contributed by atoms with Crippen LogP contribution in [0.2, 0.25) is 0 Å². The van der Waals surface area contributed by atoms with Crippen LogP contribution in [0.15, 0.2) is 35.7 Å².